The van der Waals surface area contributed by atoms with Crippen molar-refractivity contribution in [2.45, 2.75) is 51.1 Å². The van der Waals surface area contributed by atoms with Gasteiger partial charge in [0.25, 0.3) is 0 Å². The van der Waals surface area contributed by atoms with Gasteiger partial charge in [-0.1, -0.05) is 13.3 Å². The van der Waals surface area contributed by atoms with Gasteiger partial charge in [-0.15, -0.1) is 0 Å². The number of hydrogen-bond donors (Lipinski definition) is 1. The molecule has 2 fully saturated rings. The fourth-order valence-corrected chi connectivity index (χ4v) is 2.76. The first-order chi connectivity index (χ1) is 7.88. The summed E-state index contributed by atoms with van der Waals surface area (Å²) in [6, 6.07) is 1.55. The molecular formula is C13H26N2O. The third-order valence-electron chi connectivity index (χ3n) is 3.80. The monoisotopic (exact) mass is 226 g/mol. The van der Waals surface area contributed by atoms with Gasteiger partial charge < -0.3 is 10.1 Å². The van der Waals surface area contributed by atoms with Crippen LogP contribution in [0.1, 0.15) is 39.0 Å². The highest BCUT2D eigenvalue weighted by Crippen LogP contribution is 2.19. The Labute approximate surface area is 99.5 Å². The van der Waals surface area contributed by atoms with E-state index in [1.54, 1.807) is 0 Å². The predicted octanol–water partition coefficient (Wildman–Crippen LogP) is 1.63. The number of hydrogen-bond acceptors (Lipinski definition) is 3. The molecule has 2 bridgehead atoms. The Hall–Kier alpha value is -0.120. The summed E-state index contributed by atoms with van der Waals surface area (Å²) in [5.41, 5.74) is 0. The van der Waals surface area contributed by atoms with Gasteiger partial charge in [-0.25, -0.2) is 0 Å². The average molecular weight is 226 g/mol. The number of nitrogens with one attached hydrogen (secondary N) is 1. The second kappa shape index (κ2) is 6.58. The largest absolute Gasteiger partial charge is 0.380 e. The van der Waals surface area contributed by atoms with Crippen molar-refractivity contribution in [3.63, 3.8) is 0 Å². The van der Waals surface area contributed by atoms with Crippen molar-refractivity contribution in [1.82, 2.24) is 10.2 Å². The van der Waals surface area contributed by atoms with E-state index >= 15 is 0 Å². The molecule has 1 N–H and O–H groups in total. The van der Waals surface area contributed by atoms with Crippen molar-refractivity contribution in [2.75, 3.05) is 32.8 Å². The summed E-state index contributed by atoms with van der Waals surface area (Å²) in [5.74, 6) is 0. The number of nitrogens with zero attached hydrogens (tertiary/aromatic N) is 1. The van der Waals surface area contributed by atoms with Crippen molar-refractivity contribution >= 4 is 0 Å². The first-order valence-electron chi connectivity index (χ1n) is 6.94. The van der Waals surface area contributed by atoms with E-state index in [-0.39, 0.29) is 0 Å². The molecule has 0 aromatic heterocycles. The minimum Gasteiger partial charge on any atom is -0.380 e. The lowest BCUT2D eigenvalue weighted by atomic mass is 10.1. The zero-order chi connectivity index (χ0) is 11.2. The van der Waals surface area contributed by atoms with Crippen molar-refractivity contribution in [2.24, 2.45) is 0 Å². The molecule has 0 aliphatic carbocycles. The quantitative estimate of drug-likeness (QED) is 0.697. The van der Waals surface area contributed by atoms with Crippen LogP contribution in [0.15, 0.2) is 0 Å². The lowest BCUT2D eigenvalue weighted by Crippen LogP contribution is -2.37. The third kappa shape index (κ3) is 3.72. The molecule has 16 heavy (non-hydrogen) atoms. The molecule has 0 spiro atoms. The number of fused-ring (bicyclic) bond motifs is 2. The number of ether oxygens (including phenoxy) is 1. The van der Waals surface area contributed by atoms with Crippen LogP contribution in [0.4, 0.5) is 0 Å². The van der Waals surface area contributed by atoms with E-state index in [0.717, 1.165) is 31.8 Å². The van der Waals surface area contributed by atoms with E-state index in [9.17, 15) is 0 Å². The Kier molecular flexibility index (Phi) is 5.07. The molecule has 0 radical (unpaired) electrons. The maximum Gasteiger partial charge on any atom is 0.0593 e. The standard InChI is InChI=1S/C13H26N2O/c1-2-3-9-16-10-8-15-7-6-12-4-5-13(11-15)14-12/h12-14H,2-11H2,1H3. The Balaban J connectivity index is 1.59. The molecule has 0 amide bonds. The highest BCUT2D eigenvalue weighted by Gasteiger charge is 2.28. The van der Waals surface area contributed by atoms with Crippen molar-refractivity contribution in [3.05, 3.63) is 0 Å². The van der Waals surface area contributed by atoms with Crippen LogP contribution in [0.3, 0.4) is 0 Å². The Morgan fingerprint density at radius 3 is 2.94 bits per heavy atom. The van der Waals surface area contributed by atoms with E-state index < -0.39 is 0 Å². The Bertz CT molecular complexity index is 198. The van der Waals surface area contributed by atoms with Gasteiger partial charge >= 0.3 is 0 Å². The highest BCUT2D eigenvalue weighted by molar-refractivity contribution is 4.89. The van der Waals surface area contributed by atoms with Gasteiger partial charge in [-0.2, -0.15) is 0 Å². The number of likely N-dealkylation sites (tertiary alicyclic amines) is 1. The average Bonchev–Trinajstić information content (AvgIpc) is 2.61. The molecule has 0 aromatic rings. The summed E-state index contributed by atoms with van der Waals surface area (Å²) >= 11 is 0. The van der Waals surface area contributed by atoms with Crippen LogP contribution in [-0.4, -0.2) is 49.8 Å². The fourth-order valence-electron chi connectivity index (χ4n) is 2.76. The molecule has 2 saturated heterocycles. The third-order valence-corrected chi connectivity index (χ3v) is 3.80. The highest BCUT2D eigenvalue weighted by atomic mass is 16.5. The van der Waals surface area contributed by atoms with Gasteiger partial charge in [0, 0.05) is 31.8 Å². The minimum absolute atomic E-state index is 0.753. The van der Waals surface area contributed by atoms with E-state index in [1.165, 1.54) is 45.2 Å². The SMILES string of the molecule is CCCCOCCN1CCC2CCC(C1)N2. The maximum atomic E-state index is 5.64. The molecule has 2 heterocycles. The second-order valence-electron chi connectivity index (χ2n) is 5.19. The first kappa shape index (κ1) is 12.3. The van der Waals surface area contributed by atoms with Crippen molar-refractivity contribution in [1.29, 1.82) is 0 Å². The molecule has 2 aliphatic rings. The van der Waals surface area contributed by atoms with Crippen LogP contribution in [0.5, 0.6) is 0 Å². The summed E-state index contributed by atoms with van der Waals surface area (Å²) in [4.78, 5) is 2.57. The second-order valence-corrected chi connectivity index (χ2v) is 5.19. The van der Waals surface area contributed by atoms with E-state index in [2.05, 4.69) is 17.1 Å². The molecule has 94 valence electrons. The molecule has 3 heteroatoms. The molecule has 0 aromatic carbocycles. The predicted molar refractivity (Wildman–Crippen MR) is 66.7 cm³/mol. The Morgan fingerprint density at radius 2 is 2.06 bits per heavy atom. The zero-order valence-electron chi connectivity index (χ0n) is 10.6. The van der Waals surface area contributed by atoms with Gasteiger partial charge in [-0.05, 0) is 32.2 Å². The summed E-state index contributed by atoms with van der Waals surface area (Å²) in [6.45, 7) is 7.67. The lowest BCUT2D eigenvalue weighted by Gasteiger charge is -2.23. The summed E-state index contributed by atoms with van der Waals surface area (Å²) < 4.78 is 5.64. The van der Waals surface area contributed by atoms with Gasteiger partial charge in [-0.3, -0.25) is 4.90 Å². The van der Waals surface area contributed by atoms with Crippen molar-refractivity contribution in [3.8, 4) is 0 Å². The van der Waals surface area contributed by atoms with E-state index in [4.69, 9.17) is 4.74 Å². The van der Waals surface area contributed by atoms with Gasteiger partial charge in [0.05, 0.1) is 6.61 Å². The number of rotatable bonds is 6. The normalized spacial score (nSPS) is 30.6. The van der Waals surface area contributed by atoms with E-state index in [0.29, 0.717) is 0 Å². The van der Waals surface area contributed by atoms with E-state index in [1.807, 2.05) is 0 Å². The first-order valence-corrected chi connectivity index (χ1v) is 6.94. The van der Waals surface area contributed by atoms with Crippen LogP contribution >= 0.6 is 0 Å². The molecule has 2 unspecified atom stereocenters. The van der Waals surface area contributed by atoms with Gasteiger partial charge in [0.1, 0.15) is 0 Å². The maximum absolute atomic E-state index is 5.64. The molecular weight excluding hydrogens is 200 g/mol. The summed E-state index contributed by atoms with van der Waals surface area (Å²) in [6.07, 6.45) is 6.53. The van der Waals surface area contributed by atoms with Gasteiger partial charge in [0.15, 0.2) is 0 Å². The Morgan fingerprint density at radius 1 is 1.19 bits per heavy atom. The van der Waals surface area contributed by atoms with Crippen LogP contribution in [0, 0.1) is 0 Å². The number of unbranched alkanes of at least 4 members (excludes halogenated alkanes) is 1. The minimum atomic E-state index is 0.753. The molecule has 3 nitrogen and oxygen atoms in total. The lowest BCUT2D eigenvalue weighted by molar-refractivity contribution is 0.0998. The topological polar surface area (TPSA) is 24.5 Å². The molecule has 2 atom stereocenters. The van der Waals surface area contributed by atoms with Crippen LogP contribution in [0.25, 0.3) is 0 Å². The molecule has 2 aliphatic heterocycles. The van der Waals surface area contributed by atoms with Crippen LogP contribution in [-0.2, 0) is 4.74 Å². The fraction of sp³-hybridized carbons (Fsp3) is 1.00. The van der Waals surface area contributed by atoms with Crippen molar-refractivity contribution < 1.29 is 4.74 Å². The summed E-state index contributed by atoms with van der Waals surface area (Å²) in [7, 11) is 0. The molecule has 0 saturated carbocycles. The summed E-state index contributed by atoms with van der Waals surface area (Å²) in [5, 5.41) is 3.71. The molecule has 2 rings (SSSR count). The van der Waals surface area contributed by atoms with Crippen LogP contribution in [0.2, 0.25) is 0 Å². The van der Waals surface area contributed by atoms with Crippen LogP contribution < -0.4 is 5.32 Å². The zero-order valence-corrected chi connectivity index (χ0v) is 10.6. The van der Waals surface area contributed by atoms with Gasteiger partial charge in [0.2, 0.25) is 0 Å². The smallest absolute Gasteiger partial charge is 0.0593 e.